The van der Waals surface area contributed by atoms with E-state index < -0.39 is 15.9 Å². The Morgan fingerprint density at radius 2 is 1.67 bits per heavy atom. The summed E-state index contributed by atoms with van der Waals surface area (Å²) in [6, 6.07) is 6.69. The van der Waals surface area contributed by atoms with Crippen LogP contribution in [-0.4, -0.2) is 49.8 Å². The number of anilines is 1. The van der Waals surface area contributed by atoms with Crippen LogP contribution < -0.4 is 10.2 Å². The topological polar surface area (TPSA) is 95.8 Å². The SMILES string of the molecule is O=C(NCc1ccc(N2CCCCC2)nc1)c1ccc(S(=O)(=O)N2CCCCC2)o1. The minimum atomic E-state index is -3.69. The first-order chi connectivity index (χ1) is 14.5. The summed E-state index contributed by atoms with van der Waals surface area (Å²) in [5.41, 5.74) is 0.872. The smallest absolute Gasteiger partial charge is 0.287 e. The van der Waals surface area contributed by atoms with Crippen LogP contribution >= 0.6 is 0 Å². The lowest BCUT2D eigenvalue weighted by Gasteiger charge is -2.27. The van der Waals surface area contributed by atoms with Crippen molar-refractivity contribution in [1.82, 2.24) is 14.6 Å². The first-order valence-corrected chi connectivity index (χ1v) is 12.1. The number of furan rings is 1. The van der Waals surface area contributed by atoms with E-state index in [0.717, 1.165) is 43.7 Å². The number of rotatable bonds is 6. The van der Waals surface area contributed by atoms with Gasteiger partial charge in [0.1, 0.15) is 5.82 Å². The van der Waals surface area contributed by atoms with Crippen molar-refractivity contribution in [2.24, 2.45) is 0 Å². The lowest BCUT2D eigenvalue weighted by molar-refractivity contribution is 0.0917. The number of carbonyl (C=O) groups excluding carboxylic acids is 1. The number of nitrogens with zero attached hydrogens (tertiary/aromatic N) is 3. The lowest BCUT2D eigenvalue weighted by atomic mass is 10.1. The maximum atomic E-state index is 12.7. The molecule has 0 bridgehead atoms. The summed E-state index contributed by atoms with van der Waals surface area (Å²) in [4.78, 5) is 19.2. The van der Waals surface area contributed by atoms with Gasteiger partial charge in [-0.3, -0.25) is 4.79 Å². The molecule has 8 nitrogen and oxygen atoms in total. The number of amides is 1. The van der Waals surface area contributed by atoms with E-state index in [0.29, 0.717) is 19.6 Å². The van der Waals surface area contributed by atoms with Gasteiger partial charge in [-0.25, -0.2) is 13.4 Å². The van der Waals surface area contributed by atoms with Crippen molar-refractivity contribution in [1.29, 1.82) is 0 Å². The van der Waals surface area contributed by atoms with E-state index >= 15 is 0 Å². The average Bonchev–Trinajstić information content (AvgIpc) is 3.30. The van der Waals surface area contributed by atoms with Gasteiger partial charge >= 0.3 is 0 Å². The maximum Gasteiger partial charge on any atom is 0.287 e. The van der Waals surface area contributed by atoms with E-state index in [9.17, 15) is 13.2 Å². The summed E-state index contributed by atoms with van der Waals surface area (Å²) in [5.74, 6) is 0.502. The van der Waals surface area contributed by atoms with Crippen LogP contribution in [0, 0.1) is 0 Å². The summed E-state index contributed by atoms with van der Waals surface area (Å²) in [5, 5.41) is 2.59. The second-order valence-corrected chi connectivity index (χ2v) is 9.71. The molecule has 2 aromatic heterocycles. The summed E-state index contributed by atoms with van der Waals surface area (Å²) >= 11 is 0. The Morgan fingerprint density at radius 1 is 0.967 bits per heavy atom. The third-order valence-electron chi connectivity index (χ3n) is 5.66. The second-order valence-electron chi connectivity index (χ2n) is 7.84. The zero-order valence-electron chi connectivity index (χ0n) is 17.0. The highest BCUT2D eigenvalue weighted by atomic mass is 32.2. The van der Waals surface area contributed by atoms with E-state index in [-0.39, 0.29) is 10.9 Å². The number of sulfonamides is 1. The van der Waals surface area contributed by atoms with Gasteiger partial charge in [0.15, 0.2) is 5.76 Å². The number of hydrogen-bond acceptors (Lipinski definition) is 6. The molecule has 30 heavy (non-hydrogen) atoms. The molecule has 0 spiro atoms. The Balaban J connectivity index is 1.34. The van der Waals surface area contributed by atoms with Gasteiger partial charge in [0.25, 0.3) is 15.9 Å². The molecule has 9 heteroatoms. The van der Waals surface area contributed by atoms with Crippen LogP contribution in [-0.2, 0) is 16.6 Å². The van der Waals surface area contributed by atoms with Gasteiger partial charge < -0.3 is 14.6 Å². The molecule has 2 aliphatic rings. The number of aromatic nitrogens is 1. The molecule has 162 valence electrons. The third-order valence-corrected chi connectivity index (χ3v) is 7.43. The summed E-state index contributed by atoms with van der Waals surface area (Å²) < 4.78 is 32.1. The summed E-state index contributed by atoms with van der Waals surface area (Å²) in [6.07, 6.45) is 8.14. The lowest BCUT2D eigenvalue weighted by Crippen LogP contribution is -2.35. The normalized spacial score (nSPS) is 18.3. The average molecular weight is 433 g/mol. The number of hydrogen-bond donors (Lipinski definition) is 1. The highest BCUT2D eigenvalue weighted by Crippen LogP contribution is 2.22. The molecule has 2 saturated heterocycles. The first-order valence-electron chi connectivity index (χ1n) is 10.6. The molecule has 4 rings (SSSR count). The molecule has 0 radical (unpaired) electrons. The Hall–Kier alpha value is -2.39. The van der Waals surface area contributed by atoms with Gasteiger partial charge in [0.05, 0.1) is 0 Å². The van der Waals surface area contributed by atoms with Gasteiger partial charge in [-0.2, -0.15) is 4.31 Å². The van der Waals surface area contributed by atoms with Crippen LogP contribution in [0.25, 0.3) is 0 Å². The summed E-state index contributed by atoms with van der Waals surface area (Å²) in [7, 11) is -3.69. The molecule has 2 aliphatic heterocycles. The van der Waals surface area contributed by atoms with E-state index in [1.807, 2.05) is 12.1 Å². The van der Waals surface area contributed by atoms with Crippen LogP contribution in [0.2, 0.25) is 0 Å². The fourth-order valence-electron chi connectivity index (χ4n) is 3.91. The molecule has 2 aromatic rings. The third kappa shape index (κ3) is 4.67. The van der Waals surface area contributed by atoms with Crippen molar-refractivity contribution in [3.05, 3.63) is 41.8 Å². The molecule has 0 atom stereocenters. The van der Waals surface area contributed by atoms with Crippen molar-refractivity contribution in [2.45, 2.75) is 50.2 Å². The van der Waals surface area contributed by atoms with Crippen LogP contribution in [0.5, 0.6) is 0 Å². The van der Waals surface area contributed by atoms with Crippen molar-refractivity contribution >= 4 is 21.7 Å². The fraction of sp³-hybridized carbons (Fsp3) is 0.524. The van der Waals surface area contributed by atoms with Crippen LogP contribution in [0.3, 0.4) is 0 Å². The number of carbonyl (C=O) groups is 1. The molecule has 2 fully saturated rings. The second kappa shape index (κ2) is 9.18. The molecule has 0 saturated carbocycles. The number of nitrogens with one attached hydrogen (secondary N) is 1. The zero-order chi connectivity index (χ0) is 21.0. The van der Waals surface area contributed by atoms with Gasteiger partial charge in [0.2, 0.25) is 5.09 Å². The Kier molecular flexibility index (Phi) is 6.38. The van der Waals surface area contributed by atoms with E-state index in [1.165, 1.54) is 35.7 Å². The molecule has 0 aromatic carbocycles. The van der Waals surface area contributed by atoms with Gasteiger partial charge in [-0.05, 0) is 55.9 Å². The predicted octanol–water partition coefficient (Wildman–Crippen LogP) is 2.77. The highest BCUT2D eigenvalue weighted by molar-refractivity contribution is 7.89. The Morgan fingerprint density at radius 3 is 2.33 bits per heavy atom. The first kappa shape index (κ1) is 20.9. The van der Waals surface area contributed by atoms with Crippen molar-refractivity contribution < 1.29 is 17.6 Å². The largest absolute Gasteiger partial charge is 0.438 e. The van der Waals surface area contributed by atoms with Crippen LogP contribution in [0.15, 0.2) is 40.0 Å². The van der Waals surface area contributed by atoms with Crippen molar-refractivity contribution in [3.8, 4) is 0 Å². The molecule has 1 N–H and O–H groups in total. The maximum absolute atomic E-state index is 12.7. The van der Waals surface area contributed by atoms with E-state index in [2.05, 4.69) is 15.2 Å². The van der Waals surface area contributed by atoms with Crippen molar-refractivity contribution in [3.63, 3.8) is 0 Å². The molecular weight excluding hydrogens is 404 g/mol. The Labute approximate surface area is 177 Å². The molecule has 0 unspecified atom stereocenters. The summed E-state index contributed by atoms with van der Waals surface area (Å²) in [6.45, 7) is 3.34. The molecule has 0 aliphatic carbocycles. The van der Waals surface area contributed by atoms with Gasteiger partial charge in [0, 0.05) is 38.9 Å². The number of piperidine rings is 2. The number of pyridine rings is 1. The predicted molar refractivity (Wildman–Crippen MR) is 113 cm³/mol. The van der Waals surface area contributed by atoms with Crippen LogP contribution in [0.1, 0.15) is 54.6 Å². The molecule has 4 heterocycles. The minimum Gasteiger partial charge on any atom is -0.438 e. The highest BCUT2D eigenvalue weighted by Gasteiger charge is 2.29. The molecule has 1 amide bonds. The zero-order valence-corrected chi connectivity index (χ0v) is 17.9. The monoisotopic (exact) mass is 432 g/mol. The van der Waals surface area contributed by atoms with Crippen molar-refractivity contribution in [2.75, 3.05) is 31.1 Å². The fourth-order valence-corrected chi connectivity index (χ4v) is 5.34. The standard InChI is InChI=1S/C21H28N4O4S/c26-21(18-8-10-20(29-18)30(27,28)25-13-5-2-6-14-25)23-16-17-7-9-19(22-15-17)24-11-3-1-4-12-24/h7-10,15H,1-6,11-14,16H2,(H,23,26). The molecular formula is C21H28N4O4S. The Bertz CT molecular complexity index is 959. The van der Waals surface area contributed by atoms with E-state index in [1.54, 1.807) is 6.20 Å². The minimum absolute atomic E-state index is 0.0107. The van der Waals surface area contributed by atoms with E-state index in [4.69, 9.17) is 4.42 Å². The van der Waals surface area contributed by atoms with Crippen LogP contribution in [0.4, 0.5) is 5.82 Å². The van der Waals surface area contributed by atoms with Gasteiger partial charge in [-0.15, -0.1) is 0 Å². The van der Waals surface area contributed by atoms with Gasteiger partial charge in [-0.1, -0.05) is 12.5 Å². The quantitative estimate of drug-likeness (QED) is 0.754.